The molecule has 1 heteroatoms. The van der Waals surface area contributed by atoms with Gasteiger partial charge in [0.25, 0.3) is 0 Å². The van der Waals surface area contributed by atoms with Crippen molar-refractivity contribution in [3.05, 3.63) is 34.3 Å². The van der Waals surface area contributed by atoms with Crippen molar-refractivity contribution in [2.75, 3.05) is 0 Å². The number of unbranched alkanes of at least 4 members (excludes halogenated alkanes) is 1. The number of rotatable bonds is 3. The van der Waals surface area contributed by atoms with Crippen LogP contribution in [-0.2, 0) is 6.42 Å². The Morgan fingerprint density at radius 1 is 1.45 bits per heavy atom. The van der Waals surface area contributed by atoms with Crippen LogP contribution in [0.5, 0.6) is 0 Å². The number of hydrogen-bond acceptors (Lipinski definition) is 0. The van der Waals surface area contributed by atoms with Gasteiger partial charge >= 0.3 is 0 Å². The summed E-state index contributed by atoms with van der Waals surface area (Å²) in [7, 11) is 0. The highest BCUT2D eigenvalue weighted by atomic mass is 79.9. The van der Waals surface area contributed by atoms with E-state index in [-0.39, 0.29) is 0 Å². The number of benzene rings is 1. The van der Waals surface area contributed by atoms with Crippen molar-refractivity contribution >= 4 is 15.9 Å². The summed E-state index contributed by atoms with van der Waals surface area (Å²) in [6.45, 7) is 2.21. The summed E-state index contributed by atoms with van der Waals surface area (Å²) < 4.78 is 1.06. The Balaban J connectivity index is 2.56. The van der Waals surface area contributed by atoms with Crippen LogP contribution in [-0.4, -0.2) is 0 Å². The zero-order chi connectivity index (χ0) is 8.10. The average Bonchev–Trinajstić information content (AvgIpc) is 2.01. The fourth-order valence-electron chi connectivity index (χ4n) is 0.999. The summed E-state index contributed by atoms with van der Waals surface area (Å²) in [5.74, 6) is 0. The normalized spacial score (nSPS) is 10.0. The van der Waals surface area contributed by atoms with E-state index in [1.165, 1.54) is 18.4 Å². The molecule has 11 heavy (non-hydrogen) atoms. The second-order valence-electron chi connectivity index (χ2n) is 2.63. The maximum atomic E-state index is 3.40. The third-order valence-electron chi connectivity index (χ3n) is 1.62. The zero-order valence-corrected chi connectivity index (χ0v) is 8.32. The van der Waals surface area contributed by atoms with Crippen LogP contribution in [0.25, 0.3) is 0 Å². The Labute approximate surface area is 76.8 Å². The lowest BCUT2D eigenvalue weighted by molar-refractivity contribution is 0.794. The number of aryl methyl sites for hydroxylation is 1. The van der Waals surface area contributed by atoms with Crippen molar-refractivity contribution in [3.8, 4) is 0 Å². The molecule has 0 bridgehead atoms. The molecule has 0 saturated heterocycles. The molecule has 0 unspecified atom stereocenters. The Kier molecular flexibility index (Phi) is 3.64. The molecule has 1 aromatic rings. The fourth-order valence-corrected chi connectivity index (χ4v) is 1.41. The van der Waals surface area contributed by atoms with Crippen molar-refractivity contribution in [1.29, 1.82) is 0 Å². The molecule has 0 nitrogen and oxygen atoms in total. The molecule has 0 amide bonds. The highest BCUT2D eigenvalue weighted by molar-refractivity contribution is 9.10. The minimum atomic E-state index is 1.06. The van der Waals surface area contributed by atoms with E-state index in [1.807, 2.05) is 6.07 Å². The first kappa shape index (κ1) is 8.79. The van der Waals surface area contributed by atoms with Crippen LogP contribution >= 0.6 is 15.9 Å². The monoisotopic (exact) mass is 211 g/mol. The summed E-state index contributed by atoms with van der Waals surface area (Å²) in [5.41, 5.74) is 1.31. The van der Waals surface area contributed by atoms with E-state index in [0.29, 0.717) is 0 Å². The van der Waals surface area contributed by atoms with E-state index in [0.717, 1.165) is 10.9 Å². The summed E-state index contributed by atoms with van der Waals surface area (Å²) in [6.07, 6.45) is 3.66. The van der Waals surface area contributed by atoms with Crippen molar-refractivity contribution in [3.63, 3.8) is 0 Å². The highest BCUT2D eigenvalue weighted by Crippen LogP contribution is 2.12. The first-order valence-electron chi connectivity index (χ1n) is 3.99. The molecule has 0 atom stereocenters. The molecule has 0 fully saturated rings. The van der Waals surface area contributed by atoms with Crippen LogP contribution in [0.1, 0.15) is 25.3 Å². The molecule has 59 valence electrons. The van der Waals surface area contributed by atoms with Crippen molar-refractivity contribution in [2.24, 2.45) is 0 Å². The maximum absolute atomic E-state index is 3.40. The average molecular weight is 212 g/mol. The largest absolute Gasteiger partial charge is 0.0654 e. The molecule has 0 saturated carbocycles. The molecular formula is C10H12Br. The first-order valence-corrected chi connectivity index (χ1v) is 4.79. The molecule has 1 aromatic carbocycles. The summed E-state index contributed by atoms with van der Waals surface area (Å²) >= 11 is 3.40. The molecule has 0 aliphatic carbocycles. The minimum Gasteiger partial charge on any atom is -0.0654 e. The maximum Gasteiger partial charge on any atom is 0.0257 e. The van der Waals surface area contributed by atoms with E-state index in [2.05, 4.69) is 41.1 Å². The van der Waals surface area contributed by atoms with E-state index in [4.69, 9.17) is 0 Å². The molecular weight excluding hydrogens is 200 g/mol. The standard InChI is InChI=1S/C10H12Br/c1-2-3-5-9-6-4-7-10(11)8-9/h4,6-7H,2-3,5H2,1H3. The fraction of sp³-hybridized carbons (Fsp3) is 0.400. The Bertz CT molecular complexity index is 218. The third kappa shape index (κ3) is 3.06. The van der Waals surface area contributed by atoms with E-state index < -0.39 is 0 Å². The Morgan fingerprint density at radius 2 is 2.27 bits per heavy atom. The van der Waals surface area contributed by atoms with Gasteiger partial charge in [-0.1, -0.05) is 41.4 Å². The van der Waals surface area contributed by atoms with Gasteiger partial charge < -0.3 is 0 Å². The zero-order valence-electron chi connectivity index (χ0n) is 6.73. The van der Waals surface area contributed by atoms with Gasteiger partial charge in [0.05, 0.1) is 0 Å². The quantitative estimate of drug-likeness (QED) is 0.718. The van der Waals surface area contributed by atoms with Crippen LogP contribution < -0.4 is 0 Å². The third-order valence-corrected chi connectivity index (χ3v) is 2.08. The van der Waals surface area contributed by atoms with Crippen LogP contribution in [0.2, 0.25) is 0 Å². The van der Waals surface area contributed by atoms with E-state index in [9.17, 15) is 0 Å². The molecule has 0 heterocycles. The molecule has 0 aromatic heterocycles. The minimum absolute atomic E-state index is 1.06. The van der Waals surface area contributed by atoms with Crippen molar-refractivity contribution in [1.82, 2.24) is 0 Å². The van der Waals surface area contributed by atoms with E-state index >= 15 is 0 Å². The van der Waals surface area contributed by atoms with Gasteiger partial charge in [0.2, 0.25) is 0 Å². The predicted molar refractivity (Wildman–Crippen MR) is 51.6 cm³/mol. The van der Waals surface area contributed by atoms with Gasteiger partial charge in [-0.05, 0) is 24.5 Å². The highest BCUT2D eigenvalue weighted by Gasteiger charge is 1.92. The molecule has 0 aliphatic rings. The Hall–Kier alpha value is -0.300. The molecule has 1 radical (unpaired) electrons. The smallest absolute Gasteiger partial charge is 0.0257 e. The van der Waals surface area contributed by atoms with Gasteiger partial charge in [-0.2, -0.15) is 0 Å². The SMILES string of the molecule is CCCCc1[c]c(Br)ccc1. The van der Waals surface area contributed by atoms with Crippen molar-refractivity contribution in [2.45, 2.75) is 26.2 Å². The van der Waals surface area contributed by atoms with Gasteiger partial charge in [0.15, 0.2) is 0 Å². The topological polar surface area (TPSA) is 0 Å². The summed E-state index contributed by atoms with van der Waals surface area (Å²) in [4.78, 5) is 0. The second-order valence-corrected chi connectivity index (χ2v) is 3.48. The van der Waals surface area contributed by atoms with Crippen molar-refractivity contribution < 1.29 is 0 Å². The summed E-state index contributed by atoms with van der Waals surface area (Å²) in [5, 5.41) is 0. The van der Waals surface area contributed by atoms with Crippen LogP contribution in [0.3, 0.4) is 0 Å². The first-order chi connectivity index (χ1) is 5.33. The predicted octanol–water partition coefficient (Wildman–Crippen LogP) is 3.59. The Morgan fingerprint density at radius 3 is 2.91 bits per heavy atom. The molecule has 1 rings (SSSR count). The van der Waals surface area contributed by atoms with Crippen LogP contribution in [0.4, 0.5) is 0 Å². The number of halogens is 1. The summed E-state index contributed by atoms with van der Waals surface area (Å²) in [6, 6.07) is 9.45. The molecule has 0 N–H and O–H groups in total. The number of hydrogen-bond donors (Lipinski definition) is 0. The lowest BCUT2D eigenvalue weighted by Gasteiger charge is -1.98. The van der Waals surface area contributed by atoms with Gasteiger partial charge in [-0.3, -0.25) is 0 Å². The van der Waals surface area contributed by atoms with Gasteiger partial charge in [-0.25, -0.2) is 0 Å². The van der Waals surface area contributed by atoms with E-state index in [1.54, 1.807) is 0 Å². The second kappa shape index (κ2) is 4.55. The molecule has 0 spiro atoms. The lowest BCUT2D eigenvalue weighted by atomic mass is 10.1. The lowest BCUT2D eigenvalue weighted by Crippen LogP contribution is -1.83. The van der Waals surface area contributed by atoms with Gasteiger partial charge in [0.1, 0.15) is 0 Å². The van der Waals surface area contributed by atoms with Crippen LogP contribution in [0, 0.1) is 6.07 Å². The molecule has 0 aliphatic heterocycles. The van der Waals surface area contributed by atoms with Gasteiger partial charge in [-0.15, -0.1) is 0 Å². The van der Waals surface area contributed by atoms with Crippen LogP contribution in [0.15, 0.2) is 22.7 Å². The van der Waals surface area contributed by atoms with Gasteiger partial charge in [0, 0.05) is 10.5 Å².